The number of nitrogens with zero attached hydrogens (tertiary/aromatic N) is 2. The first-order valence-electron chi connectivity index (χ1n) is 9.62. The maximum Gasteiger partial charge on any atom is 0.387 e. The van der Waals surface area contributed by atoms with Crippen LogP contribution < -0.4 is 4.74 Å². The summed E-state index contributed by atoms with van der Waals surface area (Å²) in [5.41, 5.74) is 1.66. The number of aliphatic hydroxyl groups is 1. The summed E-state index contributed by atoms with van der Waals surface area (Å²) in [7, 11) is -3.87. The molecule has 170 valence electrons. The van der Waals surface area contributed by atoms with Gasteiger partial charge in [0.15, 0.2) is 6.10 Å². The van der Waals surface area contributed by atoms with Gasteiger partial charge in [0.05, 0.1) is 4.90 Å². The lowest BCUT2D eigenvalue weighted by Gasteiger charge is -2.24. The average molecular weight is 468 g/mol. The maximum atomic E-state index is 13.4. The standard InChI is InChI=1S/C21H19F3N2O5S/c22-16-3-1-2-13(8-16)19(27)20(28)25-9-14-11-26(12-15(14)10-25)32(29,30)18-6-4-17(5-7-18)31-21(23)24/h1-8,19,21,27H,9-12H2. The second-order valence-corrected chi connectivity index (χ2v) is 9.42. The smallest absolute Gasteiger partial charge is 0.387 e. The lowest BCUT2D eigenvalue weighted by atomic mass is 10.1. The van der Waals surface area contributed by atoms with Crippen molar-refractivity contribution in [2.24, 2.45) is 0 Å². The Bertz CT molecular complexity index is 1150. The quantitative estimate of drug-likeness (QED) is 0.658. The number of hydrogen-bond donors (Lipinski definition) is 1. The fourth-order valence-electron chi connectivity index (χ4n) is 3.81. The van der Waals surface area contributed by atoms with E-state index in [1.54, 1.807) is 0 Å². The molecule has 32 heavy (non-hydrogen) atoms. The lowest BCUT2D eigenvalue weighted by Crippen LogP contribution is -2.38. The fourth-order valence-corrected chi connectivity index (χ4v) is 5.24. The van der Waals surface area contributed by atoms with Crippen molar-refractivity contribution in [2.75, 3.05) is 26.2 Å². The van der Waals surface area contributed by atoms with Crippen LogP contribution in [0.15, 0.2) is 64.6 Å². The summed E-state index contributed by atoms with van der Waals surface area (Å²) in [6.07, 6.45) is -1.51. The molecule has 0 radical (unpaired) electrons. The van der Waals surface area contributed by atoms with Gasteiger partial charge in [-0.05, 0) is 53.1 Å². The Morgan fingerprint density at radius 3 is 2.19 bits per heavy atom. The molecule has 1 N–H and O–H groups in total. The highest BCUT2D eigenvalue weighted by Crippen LogP contribution is 2.32. The summed E-state index contributed by atoms with van der Waals surface area (Å²) in [6.45, 7) is -2.53. The molecular weight excluding hydrogens is 449 g/mol. The van der Waals surface area contributed by atoms with E-state index in [1.807, 2.05) is 0 Å². The number of aliphatic hydroxyl groups excluding tert-OH is 1. The summed E-state index contributed by atoms with van der Waals surface area (Å²) < 4.78 is 69.2. The third-order valence-corrected chi connectivity index (χ3v) is 7.20. The van der Waals surface area contributed by atoms with Gasteiger partial charge in [0.25, 0.3) is 5.91 Å². The highest BCUT2D eigenvalue weighted by molar-refractivity contribution is 7.89. The van der Waals surface area contributed by atoms with Crippen LogP contribution in [0, 0.1) is 5.82 Å². The van der Waals surface area contributed by atoms with Crippen LogP contribution in [-0.4, -0.2) is 61.4 Å². The fraction of sp³-hybridized carbons (Fsp3) is 0.286. The normalized spacial score (nSPS) is 17.7. The number of halogens is 3. The molecule has 2 aromatic rings. The first-order valence-corrected chi connectivity index (χ1v) is 11.1. The summed E-state index contributed by atoms with van der Waals surface area (Å²) in [4.78, 5) is 14.0. The Balaban J connectivity index is 1.39. The van der Waals surface area contributed by atoms with Gasteiger partial charge in [-0.2, -0.15) is 13.1 Å². The molecule has 11 heteroatoms. The summed E-state index contributed by atoms with van der Waals surface area (Å²) in [6, 6.07) is 9.86. The van der Waals surface area contributed by atoms with Gasteiger partial charge in [-0.25, -0.2) is 12.8 Å². The predicted molar refractivity (Wildman–Crippen MR) is 107 cm³/mol. The molecular formula is C21H19F3N2O5S. The largest absolute Gasteiger partial charge is 0.435 e. The molecule has 0 aromatic heterocycles. The molecule has 1 atom stereocenters. The van der Waals surface area contributed by atoms with Crippen LogP contribution in [0.2, 0.25) is 0 Å². The Labute approximate surface area is 182 Å². The van der Waals surface area contributed by atoms with Crippen molar-refractivity contribution in [2.45, 2.75) is 17.6 Å². The number of hydrogen-bond acceptors (Lipinski definition) is 5. The highest BCUT2D eigenvalue weighted by atomic mass is 32.2. The molecule has 7 nitrogen and oxygen atoms in total. The number of alkyl halides is 2. The van der Waals surface area contributed by atoms with Gasteiger partial charge in [-0.3, -0.25) is 4.79 Å². The molecule has 0 bridgehead atoms. The highest BCUT2D eigenvalue weighted by Gasteiger charge is 2.39. The van der Waals surface area contributed by atoms with E-state index in [1.165, 1.54) is 39.5 Å². The number of carbonyl (C=O) groups is 1. The third-order valence-electron chi connectivity index (χ3n) is 5.39. The minimum atomic E-state index is -3.87. The van der Waals surface area contributed by atoms with E-state index in [2.05, 4.69) is 4.74 Å². The van der Waals surface area contributed by atoms with Crippen LogP contribution in [0.4, 0.5) is 13.2 Å². The minimum absolute atomic E-state index is 0.0604. The van der Waals surface area contributed by atoms with Crippen LogP contribution in [0.1, 0.15) is 11.7 Å². The molecule has 0 saturated carbocycles. The van der Waals surface area contributed by atoms with Gasteiger partial charge in [0, 0.05) is 26.2 Å². The van der Waals surface area contributed by atoms with Gasteiger partial charge in [0.2, 0.25) is 10.0 Å². The molecule has 4 rings (SSSR count). The number of ether oxygens (including phenoxy) is 1. The molecule has 0 saturated heterocycles. The molecule has 0 fully saturated rings. The number of rotatable bonds is 6. The Kier molecular flexibility index (Phi) is 5.97. The molecule has 2 aliphatic heterocycles. The first kappa shape index (κ1) is 22.3. The SMILES string of the molecule is O=C(C(O)c1cccc(F)c1)N1CC2=C(C1)CN(S(=O)(=O)c1ccc(OC(F)F)cc1)C2. The number of sulfonamides is 1. The Morgan fingerprint density at radius 2 is 1.62 bits per heavy atom. The van der Waals surface area contributed by atoms with E-state index >= 15 is 0 Å². The molecule has 0 aliphatic carbocycles. The van der Waals surface area contributed by atoms with Crippen LogP contribution in [-0.2, 0) is 14.8 Å². The Morgan fingerprint density at radius 1 is 1.00 bits per heavy atom. The van der Waals surface area contributed by atoms with Crippen LogP contribution in [0.5, 0.6) is 5.75 Å². The zero-order valence-corrected chi connectivity index (χ0v) is 17.4. The van der Waals surface area contributed by atoms with Gasteiger partial charge in [-0.1, -0.05) is 12.1 Å². The van der Waals surface area contributed by atoms with Gasteiger partial charge in [0.1, 0.15) is 11.6 Å². The predicted octanol–water partition coefficient (Wildman–Crippen LogP) is 2.30. The number of benzene rings is 2. The number of carbonyl (C=O) groups excluding carboxylic acids is 1. The molecule has 0 spiro atoms. The van der Waals surface area contributed by atoms with Crippen molar-refractivity contribution in [3.63, 3.8) is 0 Å². The van der Waals surface area contributed by atoms with Crippen LogP contribution >= 0.6 is 0 Å². The lowest BCUT2D eigenvalue weighted by molar-refractivity contribution is -0.139. The van der Waals surface area contributed by atoms with Crippen molar-refractivity contribution < 1.29 is 36.2 Å². The van der Waals surface area contributed by atoms with Gasteiger partial charge >= 0.3 is 6.61 Å². The molecule has 1 unspecified atom stereocenters. The average Bonchev–Trinajstić information content (AvgIpc) is 3.32. The topological polar surface area (TPSA) is 87.2 Å². The Hall–Kier alpha value is -2.89. The molecule has 2 aromatic carbocycles. The van der Waals surface area contributed by atoms with Crippen LogP contribution in [0.25, 0.3) is 0 Å². The second-order valence-electron chi connectivity index (χ2n) is 7.48. The number of amides is 1. The zero-order valence-electron chi connectivity index (χ0n) is 16.6. The summed E-state index contributed by atoms with van der Waals surface area (Å²) in [5, 5.41) is 10.3. The maximum absolute atomic E-state index is 13.4. The van der Waals surface area contributed by atoms with Crippen molar-refractivity contribution >= 4 is 15.9 Å². The van der Waals surface area contributed by atoms with E-state index in [0.29, 0.717) is 0 Å². The minimum Gasteiger partial charge on any atom is -0.435 e. The van der Waals surface area contributed by atoms with Crippen LogP contribution in [0.3, 0.4) is 0 Å². The van der Waals surface area contributed by atoms with E-state index in [0.717, 1.165) is 29.3 Å². The van der Waals surface area contributed by atoms with Gasteiger partial charge in [-0.15, -0.1) is 0 Å². The van der Waals surface area contributed by atoms with Crippen molar-refractivity contribution in [1.29, 1.82) is 0 Å². The van der Waals surface area contributed by atoms with Crippen molar-refractivity contribution in [1.82, 2.24) is 9.21 Å². The molecule has 2 heterocycles. The van der Waals surface area contributed by atoms with E-state index in [4.69, 9.17) is 0 Å². The van der Waals surface area contributed by atoms with Crippen molar-refractivity contribution in [3.8, 4) is 5.75 Å². The van der Waals surface area contributed by atoms with E-state index in [9.17, 15) is 31.5 Å². The third kappa shape index (κ3) is 4.36. The monoisotopic (exact) mass is 468 g/mol. The van der Waals surface area contributed by atoms with Crippen molar-refractivity contribution in [3.05, 3.63) is 71.1 Å². The summed E-state index contributed by atoms with van der Waals surface area (Å²) in [5.74, 6) is -1.30. The second kappa shape index (κ2) is 8.57. The first-order chi connectivity index (χ1) is 15.1. The van der Waals surface area contributed by atoms with E-state index < -0.39 is 34.5 Å². The molecule has 2 aliphatic rings. The van der Waals surface area contributed by atoms with Gasteiger partial charge < -0.3 is 14.7 Å². The zero-order chi connectivity index (χ0) is 23.0. The van der Waals surface area contributed by atoms with E-state index in [-0.39, 0.29) is 42.4 Å². The summed E-state index contributed by atoms with van der Waals surface area (Å²) >= 11 is 0. The molecule has 1 amide bonds.